The highest BCUT2D eigenvalue weighted by Crippen LogP contribution is 2.30. The number of hydrogen-bond acceptors (Lipinski definition) is 2. The van der Waals surface area contributed by atoms with Crippen molar-refractivity contribution < 1.29 is 22.7 Å². The molecule has 0 aliphatic carbocycles. The maximum atomic E-state index is 12.4. The average molecular weight is 261 g/mol. The number of halogens is 3. The van der Waals surface area contributed by atoms with Crippen molar-refractivity contribution in [3.05, 3.63) is 23.3 Å². The van der Waals surface area contributed by atoms with Gasteiger partial charge in [-0.15, -0.1) is 0 Å². The minimum atomic E-state index is -4.89. The zero-order valence-electron chi connectivity index (χ0n) is 10.6. The van der Waals surface area contributed by atoms with Gasteiger partial charge in [0.15, 0.2) is 0 Å². The Morgan fingerprint density at radius 3 is 2.28 bits per heavy atom. The molecule has 0 unspecified atom stereocenters. The van der Waals surface area contributed by atoms with Gasteiger partial charge in [-0.2, -0.15) is 13.2 Å². The smallest absolute Gasteiger partial charge is 0.471 e. The number of carbonyl (C=O) groups is 1. The minimum Gasteiger partial charge on any atom is -0.497 e. The maximum absolute atomic E-state index is 12.4. The predicted molar refractivity (Wildman–Crippen MR) is 61.9 cm³/mol. The molecule has 0 aliphatic rings. The molecule has 1 amide bonds. The lowest BCUT2D eigenvalue weighted by Crippen LogP contribution is -2.38. The van der Waals surface area contributed by atoms with Crippen molar-refractivity contribution in [3.8, 4) is 5.75 Å². The van der Waals surface area contributed by atoms with E-state index in [4.69, 9.17) is 4.74 Å². The van der Waals surface area contributed by atoms with Gasteiger partial charge in [-0.1, -0.05) is 0 Å². The van der Waals surface area contributed by atoms with Crippen LogP contribution >= 0.6 is 0 Å². The number of ether oxygens (including phenoxy) is 1. The fraction of sp³-hybridized carbons (Fsp3) is 0.417. The molecule has 0 saturated carbocycles. The van der Waals surface area contributed by atoms with E-state index in [2.05, 4.69) is 0 Å². The lowest BCUT2D eigenvalue weighted by atomic mass is 10.1. The number of amides is 1. The summed E-state index contributed by atoms with van der Waals surface area (Å²) in [6, 6.07) is 3.11. The molecule has 3 nitrogen and oxygen atoms in total. The molecular weight excluding hydrogens is 247 g/mol. The van der Waals surface area contributed by atoms with Crippen molar-refractivity contribution in [2.45, 2.75) is 20.0 Å². The molecule has 0 N–H and O–H groups in total. The molecule has 1 aromatic carbocycles. The lowest BCUT2D eigenvalue weighted by Gasteiger charge is -2.22. The number of anilines is 1. The molecule has 0 heterocycles. The van der Waals surface area contributed by atoms with Crippen LogP contribution in [0.5, 0.6) is 5.75 Å². The molecule has 0 spiro atoms. The zero-order valence-corrected chi connectivity index (χ0v) is 10.6. The third-order valence-electron chi connectivity index (χ3n) is 2.76. The van der Waals surface area contributed by atoms with E-state index in [-0.39, 0.29) is 5.69 Å². The molecule has 1 aromatic rings. The molecule has 0 radical (unpaired) electrons. The lowest BCUT2D eigenvalue weighted by molar-refractivity contribution is -0.170. The summed E-state index contributed by atoms with van der Waals surface area (Å²) in [5.74, 6) is -1.49. The van der Waals surface area contributed by atoms with Gasteiger partial charge in [0.2, 0.25) is 0 Å². The van der Waals surface area contributed by atoms with Crippen LogP contribution in [0, 0.1) is 13.8 Å². The Kier molecular flexibility index (Phi) is 3.88. The maximum Gasteiger partial charge on any atom is 0.471 e. The standard InChI is InChI=1S/C12H14F3NO2/c1-7-5-9(18-4)6-10(8(7)2)16(3)11(17)12(13,14)15/h5-6H,1-4H3. The first-order valence-electron chi connectivity index (χ1n) is 5.18. The van der Waals surface area contributed by atoms with Crippen LogP contribution in [-0.4, -0.2) is 26.2 Å². The second kappa shape index (κ2) is 4.88. The number of aryl methyl sites for hydroxylation is 1. The minimum absolute atomic E-state index is 0.189. The van der Waals surface area contributed by atoms with E-state index in [9.17, 15) is 18.0 Å². The molecule has 0 atom stereocenters. The van der Waals surface area contributed by atoms with Gasteiger partial charge < -0.3 is 9.64 Å². The van der Waals surface area contributed by atoms with Crippen LogP contribution in [0.3, 0.4) is 0 Å². The summed E-state index contributed by atoms with van der Waals surface area (Å²) in [6.07, 6.45) is -4.89. The number of hydrogen-bond donors (Lipinski definition) is 0. The van der Waals surface area contributed by atoms with Gasteiger partial charge in [0.1, 0.15) is 5.75 Å². The molecule has 0 aromatic heterocycles. The summed E-state index contributed by atoms with van der Waals surface area (Å²) >= 11 is 0. The second-order valence-corrected chi connectivity index (χ2v) is 3.95. The number of nitrogens with zero attached hydrogens (tertiary/aromatic N) is 1. The third kappa shape index (κ3) is 2.75. The van der Waals surface area contributed by atoms with Crippen molar-refractivity contribution in [2.75, 3.05) is 19.1 Å². The monoisotopic (exact) mass is 261 g/mol. The summed E-state index contributed by atoms with van der Waals surface area (Å²) in [6.45, 7) is 3.40. The van der Waals surface area contributed by atoms with Gasteiger partial charge in [-0.3, -0.25) is 4.79 Å². The Balaban J connectivity index is 3.24. The molecular formula is C12H14F3NO2. The molecule has 0 fully saturated rings. The van der Waals surface area contributed by atoms with Gasteiger partial charge in [0.05, 0.1) is 12.8 Å². The Morgan fingerprint density at radius 2 is 1.83 bits per heavy atom. The van der Waals surface area contributed by atoms with Crippen LogP contribution in [0.1, 0.15) is 11.1 Å². The van der Waals surface area contributed by atoms with Crippen molar-refractivity contribution in [2.24, 2.45) is 0 Å². The van der Waals surface area contributed by atoms with Crippen LogP contribution in [-0.2, 0) is 4.79 Å². The van der Waals surface area contributed by atoms with E-state index < -0.39 is 12.1 Å². The summed E-state index contributed by atoms with van der Waals surface area (Å²) in [5.41, 5.74) is 1.55. The Labute approximate surface area is 103 Å². The quantitative estimate of drug-likeness (QED) is 0.819. The SMILES string of the molecule is COc1cc(C)c(C)c(N(C)C(=O)C(F)(F)F)c1. The highest BCUT2D eigenvalue weighted by molar-refractivity contribution is 5.97. The number of alkyl halides is 3. The van der Waals surface area contributed by atoms with E-state index in [0.717, 1.165) is 12.6 Å². The van der Waals surface area contributed by atoms with Gasteiger partial charge in [0.25, 0.3) is 0 Å². The summed E-state index contributed by atoms with van der Waals surface area (Å²) in [7, 11) is 2.51. The fourth-order valence-electron chi connectivity index (χ4n) is 1.57. The topological polar surface area (TPSA) is 29.5 Å². The summed E-state index contributed by atoms with van der Waals surface area (Å²) < 4.78 is 42.1. The van der Waals surface area contributed by atoms with E-state index in [0.29, 0.717) is 16.2 Å². The Bertz CT molecular complexity index is 469. The van der Waals surface area contributed by atoms with Gasteiger partial charge in [-0.25, -0.2) is 0 Å². The van der Waals surface area contributed by atoms with Crippen molar-refractivity contribution in [1.29, 1.82) is 0 Å². The Morgan fingerprint density at radius 1 is 1.28 bits per heavy atom. The zero-order chi connectivity index (χ0) is 14.1. The number of methoxy groups -OCH3 is 1. The highest BCUT2D eigenvalue weighted by Gasteiger charge is 2.42. The molecule has 1 rings (SSSR count). The average Bonchev–Trinajstić information content (AvgIpc) is 2.29. The first kappa shape index (κ1) is 14.3. The largest absolute Gasteiger partial charge is 0.497 e. The normalized spacial score (nSPS) is 11.3. The molecule has 6 heteroatoms. The van der Waals surface area contributed by atoms with Crippen LogP contribution in [0.15, 0.2) is 12.1 Å². The van der Waals surface area contributed by atoms with Gasteiger partial charge in [-0.05, 0) is 31.0 Å². The van der Waals surface area contributed by atoms with E-state index in [1.807, 2.05) is 0 Å². The van der Waals surface area contributed by atoms with E-state index in [1.54, 1.807) is 19.9 Å². The molecule has 100 valence electrons. The number of rotatable bonds is 2. The highest BCUT2D eigenvalue weighted by atomic mass is 19.4. The number of carbonyl (C=O) groups excluding carboxylic acids is 1. The van der Waals surface area contributed by atoms with Crippen LogP contribution in [0.25, 0.3) is 0 Å². The molecule has 0 bridgehead atoms. The first-order chi connectivity index (χ1) is 8.18. The molecule has 0 aliphatic heterocycles. The van der Waals surface area contributed by atoms with Crippen LogP contribution in [0.2, 0.25) is 0 Å². The molecule has 0 saturated heterocycles. The Hall–Kier alpha value is -1.72. The van der Waals surface area contributed by atoms with Gasteiger partial charge >= 0.3 is 12.1 Å². The van der Waals surface area contributed by atoms with E-state index in [1.165, 1.54) is 13.2 Å². The number of benzene rings is 1. The fourth-order valence-corrected chi connectivity index (χ4v) is 1.57. The van der Waals surface area contributed by atoms with Crippen LogP contribution in [0.4, 0.5) is 18.9 Å². The van der Waals surface area contributed by atoms with Crippen molar-refractivity contribution in [3.63, 3.8) is 0 Å². The van der Waals surface area contributed by atoms with Crippen LogP contribution < -0.4 is 9.64 Å². The summed E-state index contributed by atoms with van der Waals surface area (Å²) in [5, 5.41) is 0. The third-order valence-corrected chi connectivity index (χ3v) is 2.76. The predicted octanol–water partition coefficient (Wildman–Crippen LogP) is 2.84. The molecule has 18 heavy (non-hydrogen) atoms. The van der Waals surface area contributed by atoms with Gasteiger partial charge in [0, 0.05) is 13.1 Å². The van der Waals surface area contributed by atoms with Crippen molar-refractivity contribution in [1.82, 2.24) is 0 Å². The summed E-state index contributed by atoms with van der Waals surface area (Å²) in [4.78, 5) is 11.8. The second-order valence-electron chi connectivity index (χ2n) is 3.95. The van der Waals surface area contributed by atoms with Crippen molar-refractivity contribution >= 4 is 11.6 Å². The van der Waals surface area contributed by atoms with E-state index >= 15 is 0 Å². The first-order valence-corrected chi connectivity index (χ1v) is 5.18.